The lowest BCUT2D eigenvalue weighted by molar-refractivity contribution is -0.136. The summed E-state index contributed by atoms with van der Waals surface area (Å²) in [4.78, 5) is 12.2. The molecule has 34 heavy (non-hydrogen) atoms. The average molecular weight is 460 g/mol. The van der Waals surface area contributed by atoms with Crippen molar-refractivity contribution in [3.8, 4) is 29.1 Å². The second-order valence-electron chi connectivity index (χ2n) is 7.34. The van der Waals surface area contributed by atoms with Crippen LogP contribution in [0, 0.1) is 17.1 Å². The van der Waals surface area contributed by atoms with Gasteiger partial charge in [-0.3, -0.25) is 0 Å². The molecule has 1 unspecified atom stereocenters. The first-order valence-corrected chi connectivity index (χ1v) is 10.5. The van der Waals surface area contributed by atoms with E-state index in [9.17, 15) is 14.4 Å². The Balaban J connectivity index is 1.53. The summed E-state index contributed by atoms with van der Waals surface area (Å²) >= 11 is 0. The van der Waals surface area contributed by atoms with Crippen LogP contribution in [0.2, 0.25) is 0 Å². The van der Waals surface area contributed by atoms with Crippen molar-refractivity contribution in [2.45, 2.75) is 12.8 Å². The lowest BCUT2D eigenvalue weighted by Gasteiger charge is -2.26. The van der Waals surface area contributed by atoms with Gasteiger partial charge in [0.25, 0.3) is 0 Å². The van der Waals surface area contributed by atoms with E-state index in [2.05, 4.69) is 6.07 Å². The molecular weight excluding hydrogens is 439 g/mol. The molecule has 0 amide bonds. The third kappa shape index (κ3) is 4.94. The molecule has 8 heteroatoms. The first-order chi connectivity index (χ1) is 16.5. The highest BCUT2D eigenvalue weighted by Crippen LogP contribution is 2.43. The molecule has 0 bridgehead atoms. The molecule has 0 aliphatic carbocycles. The Morgan fingerprint density at radius 1 is 1.03 bits per heavy atom. The number of carbonyl (C=O) groups excluding carboxylic acids is 1. The average Bonchev–Trinajstić information content (AvgIpc) is 2.83. The highest BCUT2D eigenvalue weighted by atomic mass is 19.1. The molecule has 2 N–H and O–H groups in total. The van der Waals surface area contributed by atoms with Gasteiger partial charge in [0.1, 0.15) is 40.5 Å². The number of hydrogen-bond donors (Lipinski definition) is 1. The van der Waals surface area contributed by atoms with Crippen LogP contribution in [-0.2, 0) is 4.79 Å². The van der Waals surface area contributed by atoms with Gasteiger partial charge in [-0.15, -0.1) is 0 Å². The van der Waals surface area contributed by atoms with Crippen molar-refractivity contribution in [1.82, 2.24) is 0 Å². The summed E-state index contributed by atoms with van der Waals surface area (Å²) < 4.78 is 34.8. The van der Waals surface area contributed by atoms with Crippen molar-refractivity contribution in [2.75, 3.05) is 13.2 Å². The summed E-state index contributed by atoms with van der Waals surface area (Å²) in [5.74, 6) is 0.148. The molecule has 3 aromatic carbocycles. The number of nitriles is 1. The monoisotopic (exact) mass is 460 g/mol. The maximum atomic E-state index is 13.0. The highest BCUT2D eigenvalue weighted by molar-refractivity contribution is 5.74. The van der Waals surface area contributed by atoms with Gasteiger partial charge in [0.05, 0.1) is 12.5 Å². The molecule has 1 aliphatic rings. The molecule has 7 nitrogen and oxygen atoms in total. The van der Waals surface area contributed by atoms with E-state index >= 15 is 0 Å². The van der Waals surface area contributed by atoms with Gasteiger partial charge in [-0.1, -0.05) is 18.2 Å². The summed E-state index contributed by atoms with van der Waals surface area (Å²) in [7, 11) is 0. The Morgan fingerprint density at radius 2 is 1.68 bits per heavy atom. The summed E-state index contributed by atoms with van der Waals surface area (Å²) in [5.41, 5.74) is 7.87. The Morgan fingerprint density at radius 3 is 2.35 bits per heavy atom. The third-order valence-electron chi connectivity index (χ3n) is 5.12. The largest absolute Gasteiger partial charge is 0.494 e. The number of allylic oxidation sites excluding steroid dienone is 1. The zero-order valence-electron chi connectivity index (χ0n) is 18.3. The van der Waals surface area contributed by atoms with E-state index in [-0.39, 0.29) is 23.8 Å². The summed E-state index contributed by atoms with van der Waals surface area (Å²) in [5, 5.41) is 9.70. The molecule has 1 atom stereocenters. The predicted octanol–water partition coefficient (Wildman–Crippen LogP) is 4.43. The topological polar surface area (TPSA) is 104 Å². The fourth-order valence-corrected chi connectivity index (χ4v) is 3.60. The number of nitrogens with zero attached hydrogens (tertiary/aromatic N) is 1. The quantitative estimate of drug-likeness (QED) is 0.411. The molecule has 172 valence electrons. The SMILES string of the molecule is CCOc1ccc(C2C(C#N)=C(N)Oc3cc(OC(=O)COc4ccc(F)cc4)ccc32)cc1. The maximum absolute atomic E-state index is 13.0. The smallest absolute Gasteiger partial charge is 0.349 e. The number of carbonyl (C=O) groups is 1. The van der Waals surface area contributed by atoms with Crippen molar-refractivity contribution in [3.05, 3.63) is 95.1 Å². The third-order valence-corrected chi connectivity index (χ3v) is 5.12. The minimum atomic E-state index is -0.649. The van der Waals surface area contributed by atoms with Gasteiger partial charge in [-0.2, -0.15) is 5.26 Å². The Hall–Kier alpha value is -4.51. The molecule has 0 saturated heterocycles. The lowest BCUT2D eigenvalue weighted by atomic mass is 9.83. The van der Waals surface area contributed by atoms with Crippen molar-refractivity contribution in [3.63, 3.8) is 0 Å². The molecule has 1 aliphatic heterocycles. The van der Waals surface area contributed by atoms with E-state index in [0.717, 1.165) is 11.3 Å². The van der Waals surface area contributed by atoms with Crippen LogP contribution in [0.25, 0.3) is 0 Å². The molecule has 1 heterocycles. The first kappa shape index (κ1) is 22.7. The number of esters is 1. The Bertz CT molecular complexity index is 1260. The second kappa shape index (κ2) is 9.96. The molecule has 0 spiro atoms. The number of rotatable bonds is 7. The minimum Gasteiger partial charge on any atom is -0.494 e. The van der Waals surface area contributed by atoms with Crippen molar-refractivity contribution in [1.29, 1.82) is 5.26 Å². The van der Waals surface area contributed by atoms with Crippen molar-refractivity contribution in [2.24, 2.45) is 5.73 Å². The van der Waals surface area contributed by atoms with Crippen LogP contribution in [-0.4, -0.2) is 19.2 Å². The number of nitrogens with two attached hydrogens (primary N) is 1. The number of hydrogen-bond acceptors (Lipinski definition) is 7. The van der Waals surface area contributed by atoms with Crippen LogP contribution in [0.5, 0.6) is 23.0 Å². The fraction of sp³-hybridized carbons (Fsp3) is 0.154. The molecule has 0 saturated carbocycles. The number of benzene rings is 3. The molecule has 4 rings (SSSR count). The Kier molecular flexibility index (Phi) is 6.64. The standard InChI is InChI=1S/C26H21FN2O5/c1-2-31-18-7-3-16(4-8-18)25-21-12-11-20(13-23(21)34-26(29)22(25)14-28)33-24(30)15-32-19-9-5-17(27)6-10-19/h3-13,25H,2,15,29H2,1H3. The fourth-order valence-electron chi connectivity index (χ4n) is 3.60. The lowest BCUT2D eigenvalue weighted by Crippen LogP contribution is -2.21. The van der Waals surface area contributed by atoms with Crippen LogP contribution in [0.4, 0.5) is 4.39 Å². The van der Waals surface area contributed by atoms with Gasteiger partial charge in [0.2, 0.25) is 5.88 Å². The van der Waals surface area contributed by atoms with Gasteiger partial charge in [0, 0.05) is 11.6 Å². The van der Waals surface area contributed by atoms with Crippen LogP contribution < -0.4 is 24.7 Å². The van der Waals surface area contributed by atoms with Crippen LogP contribution >= 0.6 is 0 Å². The second-order valence-corrected chi connectivity index (χ2v) is 7.34. The van der Waals surface area contributed by atoms with Gasteiger partial charge in [-0.05, 0) is 55.0 Å². The van der Waals surface area contributed by atoms with E-state index in [1.165, 1.54) is 30.3 Å². The summed E-state index contributed by atoms with van der Waals surface area (Å²) in [6.45, 7) is 2.09. The highest BCUT2D eigenvalue weighted by Gasteiger charge is 2.31. The van der Waals surface area contributed by atoms with Gasteiger partial charge < -0.3 is 24.7 Å². The minimum absolute atomic E-state index is 0.0167. The van der Waals surface area contributed by atoms with E-state index in [1.54, 1.807) is 12.1 Å². The van der Waals surface area contributed by atoms with E-state index < -0.39 is 17.7 Å². The van der Waals surface area contributed by atoms with E-state index in [4.69, 9.17) is 24.7 Å². The number of fused-ring (bicyclic) bond motifs is 1. The zero-order valence-corrected chi connectivity index (χ0v) is 18.3. The van der Waals surface area contributed by atoms with Gasteiger partial charge in [-0.25, -0.2) is 9.18 Å². The first-order valence-electron chi connectivity index (χ1n) is 10.5. The van der Waals surface area contributed by atoms with Crippen molar-refractivity contribution < 1.29 is 28.1 Å². The van der Waals surface area contributed by atoms with E-state index in [1.807, 2.05) is 31.2 Å². The Labute approximate surface area is 195 Å². The normalized spacial score (nSPS) is 14.4. The van der Waals surface area contributed by atoms with Crippen LogP contribution in [0.1, 0.15) is 24.0 Å². The molecule has 0 aromatic heterocycles. The van der Waals surface area contributed by atoms with Gasteiger partial charge in [0.15, 0.2) is 6.61 Å². The van der Waals surface area contributed by atoms with Gasteiger partial charge >= 0.3 is 5.97 Å². The van der Waals surface area contributed by atoms with Crippen LogP contribution in [0.3, 0.4) is 0 Å². The predicted molar refractivity (Wildman–Crippen MR) is 121 cm³/mol. The molecular formula is C26H21FN2O5. The summed E-state index contributed by atoms with van der Waals surface area (Å²) in [6.07, 6.45) is 0. The number of halogens is 1. The van der Waals surface area contributed by atoms with Crippen LogP contribution in [0.15, 0.2) is 78.2 Å². The van der Waals surface area contributed by atoms with Crippen molar-refractivity contribution >= 4 is 5.97 Å². The maximum Gasteiger partial charge on any atom is 0.349 e. The summed E-state index contributed by atoms with van der Waals surface area (Å²) in [6, 6.07) is 19.7. The molecule has 3 aromatic rings. The van der Waals surface area contributed by atoms with E-state index in [0.29, 0.717) is 23.7 Å². The molecule has 0 radical (unpaired) electrons. The molecule has 0 fully saturated rings. The zero-order chi connectivity index (χ0) is 24.1. The number of ether oxygens (including phenoxy) is 4.